The van der Waals surface area contributed by atoms with Gasteiger partial charge in [-0.1, -0.05) is 66.2 Å². The number of nitrogens with zero attached hydrogens (tertiary/aromatic N) is 5. The highest BCUT2D eigenvalue weighted by atomic mass is 19.4. The van der Waals surface area contributed by atoms with E-state index in [1.165, 1.54) is 17.2 Å². The van der Waals surface area contributed by atoms with E-state index in [0.717, 1.165) is 27.9 Å². The second-order valence-electron chi connectivity index (χ2n) is 9.94. The quantitative estimate of drug-likeness (QED) is 0.294. The molecule has 0 spiro atoms. The third kappa shape index (κ3) is 5.09. The molecule has 0 unspecified atom stereocenters. The summed E-state index contributed by atoms with van der Waals surface area (Å²) in [4.78, 5) is 21.6. The van der Waals surface area contributed by atoms with E-state index in [1.54, 1.807) is 11.0 Å². The smallest absolute Gasteiger partial charge is 0.335 e. The molecule has 198 valence electrons. The molecule has 0 atom stereocenters. The number of benzene rings is 3. The highest BCUT2D eigenvalue weighted by molar-refractivity contribution is 5.93. The standard InChI is InChI=1S/C30H26F3N5O/c1-20-5-4-6-21(15-20)19-36-11-13-37(14-12-36)29(39)26-18-28-34-25(17-27(30(31,32)33)38(28)35-26)24-10-9-22-7-2-3-8-23(22)16-24/h2-10,15-18H,11-14,19H2,1H3. The van der Waals surface area contributed by atoms with Crippen LogP contribution in [0.2, 0.25) is 0 Å². The van der Waals surface area contributed by atoms with Crippen molar-refractivity contribution < 1.29 is 18.0 Å². The molecule has 39 heavy (non-hydrogen) atoms. The van der Waals surface area contributed by atoms with Gasteiger partial charge >= 0.3 is 6.18 Å². The van der Waals surface area contributed by atoms with E-state index < -0.39 is 17.8 Å². The molecule has 1 saturated heterocycles. The van der Waals surface area contributed by atoms with Crippen molar-refractivity contribution in [3.05, 3.63) is 101 Å². The van der Waals surface area contributed by atoms with Crippen LogP contribution in [0.4, 0.5) is 13.2 Å². The van der Waals surface area contributed by atoms with Crippen molar-refractivity contribution in [3.8, 4) is 11.3 Å². The number of alkyl halides is 3. The summed E-state index contributed by atoms with van der Waals surface area (Å²) in [6.07, 6.45) is -4.68. The minimum absolute atomic E-state index is 0.0191. The summed E-state index contributed by atoms with van der Waals surface area (Å²) in [7, 11) is 0. The first-order chi connectivity index (χ1) is 18.7. The van der Waals surface area contributed by atoms with Gasteiger partial charge in [0, 0.05) is 44.4 Å². The SMILES string of the molecule is Cc1cccc(CN2CCN(C(=O)c3cc4nc(-c5ccc6ccccc6c5)cc(C(F)(F)F)n4n3)CC2)c1. The number of aryl methyl sites for hydroxylation is 1. The molecule has 6 nitrogen and oxygen atoms in total. The van der Waals surface area contributed by atoms with Gasteiger partial charge in [-0.15, -0.1) is 0 Å². The van der Waals surface area contributed by atoms with Crippen molar-refractivity contribution in [1.82, 2.24) is 24.4 Å². The first kappa shape index (κ1) is 25.1. The molecular formula is C30H26F3N5O. The van der Waals surface area contributed by atoms with Crippen LogP contribution >= 0.6 is 0 Å². The van der Waals surface area contributed by atoms with Crippen LogP contribution in [0.1, 0.15) is 27.3 Å². The Morgan fingerprint density at radius 3 is 2.38 bits per heavy atom. The van der Waals surface area contributed by atoms with Gasteiger partial charge in [0.2, 0.25) is 0 Å². The lowest BCUT2D eigenvalue weighted by molar-refractivity contribution is -0.142. The van der Waals surface area contributed by atoms with Crippen LogP contribution in [0.15, 0.2) is 78.9 Å². The molecule has 3 heterocycles. The normalized spacial score (nSPS) is 14.8. The maximum absolute atomic E-state index is 14.1. The molecule has 0 aliphatic carbocycles. The lowest BCUT2D eigenvalue weighted by atomic mass is 10.0. The minimum atomic E-state index is -4.68. The summed E-state index contributed by atoms with van der Waals surface area (Å²) >= 11 is 0. The van der Waals surface area contributed by atoms with Gasteiger partial charge in [0.1, 0.15) is 0 Å². The number of fused-ring (bicyclic) bond motifs is 2. The lowest BCUT2D eigenvalue weighted by Gasteiger charge is -2.34. The van der Waals surface area contributed by atoms with Gasteiger partial charge in [0.25, 0.3) is 5.91 Å². The zero-order valence-electron chi connectivity index (χ0n) is 21.3. The van der Waals surface area contributed by atoms with Crippen LogP contribution in [0.5, 0.6) is 0 Å². The molecule has 1 fully saturated rings. The van der Waals surface area contributed by atoms with Crippen LogP contribution in [-0.4, -0.2) is 56.5 Å². The maximum Gasteiger partial charge on any atom is 0.433 e. The average molecular weight is 530 g/mol. The number of halogens is 3. The fourth-order valence-corrected chi connectivity index (χ4v) is 5.12. The minimum Gasteiger partial charge on any atom is -0.335 e. The molecular weight excluding hydrogens is 503 g/mol. The monoisotopic (exact) mass is 529 g/mol. The van der Waals surface area contributed by atoms with Crippen LogP contribution in [-0.2, 0) is 12.7 Å². The van der Waals surface area contributed by atoms with Crippen LogP contribution < -0.4 is 0 Å². The van der Waals surface area contributed by atoms with E-state index >= 15 is 0 Å². The van der Waals surface area contributed by atoms with Gasteiger partial charge < -0.3 is 4.90 Å². The van der Waals surface area contributed by atoms with E-state index in [2.05, 4.69) is 40.1 Å². The zero-order chi connectivity index (χ0) is 27.1. The number of carbonyl (C=O) groups excluding carboxylic acids is 1. The highest BCUT2D eigenvalue weighted by Crippen LogP contribution is 2.33. The van der Waals surface area contributed by atoms with E-state index in [1.807, 2.05) is 42.5 Å². The van der Waals surface area contributed by atoms with Crippen molar-refractivity contribution in [3.63, 3.8) is 0 Å². The summed E-state index contributed by atoms with van der Waals surface area (Å²) < 4.78 is 43.0. The fourth-order valence-electron chi connectivity index (χ4n) is 5.12. The average Bonchev–Trinajstić information content (AvgIpc) is 3.36. The summed E-state index contributed by atoms with van der Waals surface area (Å²) in [5, 5.41) is 5.95. The Balaban J connectivity index is 1.26. The molecule has 6 rings (SSSR count). The Morgan fingerprint density at radius 1 is 0.872 bits per heavy atom. The lowest BCUT2D eigenvalue weighted by Crippen LogP contribution is -2.48. The van der Waals surface area contributed by atoms with Gasteiger partial charge in [-0.25, -0.2) is 9.50 Å². The van der Waals surface area contributed by atoms with Crippen LogP contribution in [0.25, 0.3) is 27.7 Å². The number of rotatable bonds is 4. The number of amides is 1. The number of hydrogen-bond donors (Lipinski definition) is 0. The van der Waals surface area contributed by atoms with Crippen molar-refractivity contribution in [2.45, 2.75) is 19.6 Å². The summed E-state index contributed by atoms with van der Waals surface area (Å²) in [6, 6.07) is 23.7. The van der Waals surface area contributed by atoms with Gasteiger partial charge in [-0.05, 0) is 35.4 Å². The molecule has 0 saturated carbocycles. The molecule has 3 aromatic carbocycles. The third-order valence-electron chi connectivity index (χ3n) is 7.13. The topological polar surface area (TPSA) is 53.7 Å². The Morgan fingerprint density at radius 2 is 1.64 bits per heavy atom. The molecule has 2 aromatic heterocycles. The van der Waals surface area contributed by atoms with Crippen molar-refractivity contribution in [2.75, 3.05) is 26.2 Å². The number of aromatic nitrogens is 3. The van der Waals surface area contributed by atoms with Crippen molar-refractivity contribution in [1.29, 1.82) is 0 Å². The Bertz CT molecular complexity index is 1690. The zero-order valence-corrected chi connectivity index (χ0v) is 21.3. The second kappa shape index (κ2) is 9.81. The molecule has 0 N–H and O–H groups in total. The van der Waals surface area contributed by atoms with E-state index in [9.17, 15) is 18.0 Å². The van der Waals surface area contributed by atoms with Crippen LogP contribution in [0.3, 0.4) is 0 Å². The predicted molar refractivity (Wildman–Crippen MR) is 143 cm³/mol. The highest BCUT2D eigenvalue weighted by Gasteiger charge is 2.36. The van der Waals surface area contributed by atoms with Gasteiger partial charge in [-0.3, -0.25) is 9.69 Å². The van der Waals surface area contributed by atoms with E-state index in [0.29, 0.717) is 31.7 Å². The summed E-state index contributed by atoms with van der Waals surface area (Å²) in [5.74, 6) is -0.393. The van der Waals surface area contributed by atoms with E-state index in [-0.39, 0.29) is 17.0 Å². The molecule has 0 bridgehead atoms. The first-order valence-corrected chi connectivity index (χ1v) is 12.8. The summed E-state index contributed by atoms with van der Waals surface area (Å²) in [5.41, 5.74) is 2.10. The molecule has 1 amide bonds. The molecule has 9 heteroatoms. The molecule has 5 aromatic rings. The Hall–Kier alpha value is -4.24. The van der Waals surface area contributed by atoms with Crippen molar-refractivity contribution in [2.24, 2.45) is 0 Å². The Labute approximate surface area is 223 Å². The number of hydrogen-bond acceptors (Lipinski definition) is 4. The predicted octanol–water partition coefficient (Wildman–Crippen LogP) is 5.83. The van der Waals surface area contributed by atoms with Crippen molar-refractivity contribution >= 4 is 22.3 Å². The maximum atomic E-state index is 14.1. The molecule has 1 aliphatic rings. The van der Waals surface area contributed by atoms with Gasteiger partial charge in [0.05, 0.1) is 5.69 Å². The molecule has 1 aliphatic heterocycles. The number of carbonyl (C=O) groups is 1. The second-order valence-corrected chi connectivity index (χ2v) is 9.94. The van der Waals surface area contributed by atoms with Crippen LogP contribution in [0, 0.1) is 6.92 Å². The largest absolute Gasteiger partial charge is 0.433 e. The van der Waals surface area contributed by atoms with E-state index in [4.69, 9.17) is 0 Å². The number of piperazine rings is 1. The van der Waals surface area contributed by atoms with Gasteiger partial charge in [0.15, 0.2) is 17.0 Å². The molecule has 0 radical (unpaired) electrons. The summed E-state index contributed by atoms with van der Waals surface area (Å²) in [6.45, 7) is 5.13. The third-order valence-corrected chi connectivity index (χ3v) is 7.13. The fraction of sp³-hybridized carbons (Fsp3) is 0.233. The first-order valence-electron chi connectivity index (χ1n) is 12.8. The Kier molecular flexibility index (Phi) is 6.31. The van der Waals surface area contributed by atoms with Gasteiger partial charge in [-0.2, -0.15) is 18.3 Å².